The molecule has 3 N–H and O–H groups in total. The SMILES string of the molecule is Cc1ccc(C(Cc2ccncc2)NN)s1. The van der Waals surface area contributed by atoms with E-state index in [-0.39, 0.29) is 6.04 Å². The van der Waals surface area contributed by atoms with Gasteiger partial charge in [0.25, 0.3) is 0 Å². The smallest absolute Gasteiger partial charge is 0.0593 e. The van der Waals surface area contributed by atoms with Crippen molar-refractivity contribution in [2.75, 3.05) is 0 Å². The zero-order valence-corrected chi connectivity index (χ0v) is 10.00. The number of aryl methyl sites for hydroxylation is 1. The van der Waals surface area contributed by atoms with Crippen molar-refractivity contribution in [3.8, 4) is 0 Å². The van der Waals surface area contributed by atoms with E-state index in [4.69, 9.17) is 5.84 Å². The van der Waals surface area contributed by atoms with Crippen LogP contribution in [0.2, 0.25) is 0 Å². The van der Waals surface area contributed by atoms with Gasteiger partial charge in [-0.1, -0.05) is 0 Å². The highest BCUT2D eigenvalue weighted by atomic mass is 32.1. The number of rotatable bonds is 4. The van der Waals surface area contributed by atoms with Gasteiger partial charge in [0, 0.05) is 22.1 Å². The summed E-state index contributed by atoms with van der Waals surface area (Å²) in [6.07, 6.45) is 4.50. The van der Waals surface area contributed by atoms with Crippen molar-refractivity contribution in [1.82, 2.24) is 10.4 Å². The standard InChI is InChI=1S/C12H15N3S/c1-9-2-3-12(16-9)11(15-13)8-10-4-6-14-7-5-10/h2-7,11,15H,8,13H2,1H3. The van der Waals surface area contributed by atoms with Crippen LogP contribution in [0.3, 0.4) is 0 Å². The molecule has 1 unspecified atom stereocenters. The molecule has 2 aromatic rings. The molecule has 16 heavy (non-hydrogen) atoms. The topological polar surface area (TPSA) is 50.9 Å². The predicted octanol–water partition coefficient (Wildman–Crippen LogP) is 2.20. The average molecular weight is 233 g/mol. The Morgan fingerprint density at radius 2 is 2.06 bits per heavy atom. The molecule has 0 aliphatic heterocycles. The Hall–Kier alpha value is -1.23. The fraction of sp³-hybridized carbons (Fsp3) is 0.250. The molecule has 0 aliphatic rings. The third kappa shape index (κ3) is 2.66. The number of nitrogens with two attached hydrogens (primary N) is 1. The molecule has 2 rings (SSSR count). The second kappa shape index (κ2) is 5.21. The Morgan fingerprint density at radius 1 is 1.31 bits per heavy atom. The lowest BCUT2D eigenvalue weighted by atomic mass is 10.1. The van der Waals surface area contributed by atoms with Crippen LogP contribution >= 0.6 is 11.3 Å². The molecule has 1 atom stereocenters. The van der Waals surface area contributed by atoms with Gasteiger partial charge in [-0.25, -0.2) is 0 Å². The van der Waals surface area contributed by atoms with Gasteiger partial charge < -0.3 is 0 Å². The van der Waals surface area contributed by atoms with E-state index in [0.717, 1.165) is 6.42 Å². The number of aromatic nitrogens is 1. The first-order valence-corrected chi connectivity index (χ1v) is 6.02. The Morgan fingerprint density at radius 3 is 2.62 bits per heavy atom. The van der Waals surface area contributed by atoms with Gasteiger partial charge >= 0.3 is 0 Å². The molecule has 2 heterocycles. The Kier molecular flexibility index (Phi) is 3.66. The zero-order valence-electron chi connectivity index (χ0n) is 9.18. The first kappa shape index (κ1) is 11.3. The number of nitrogens with zero attached hydrogens (tertiary/aromatic N) is 1. The third-order valence-electron chi connectivity index (χ3n) is 2.49. The summed E-state index contributed by atoms with van der Waals surface area (Å²) in [5, 5.41) is 0. The second-order valence-corrected chi connectivity index (χ2v) is 5.05. The zero-order chi connectivity index (χ0) is 11.4. The van der Waals surface area contributed by atoms with Crippen LogP contribution in [0, 0.1) is 6.92 Å². The van der Waals surface area contributed by atoms with Crippen LogP contribution in [0.5, 0.6) is 0 Å². The van der Waals surface area contributed by atoms with Crippen LogP contribution in [0.15, 0.2) is 36.7 Å². The Balaban J connectivity index is 2.12. The molecule has 0 saturated carbocycles. The van der Waals surface area contributed by atoms with Gasteiger partial charge in [-0.3, -0.25) is 16.3 Å². The van der Waals surface area contributed by atoms with Gasteiger partial charge in [-0.2, -0.15) is 0 Å². The fourth-order valence-electron chi connectivity index (χ4n) is 1.64. The van der Waals surface area contributed by atoms with Crippen molar-refractivity contribution in [1.29, 1.82) is 0 Å². The normalized spacial score (nSPS) is 12.6. The lowest BCUT2D eigenvalue weighted by Gasteiger charge is -2.13. The van der Waals surface area contributed by atoms with Crippen molar-refractivity contribution in [3.63, 3.8) is 0 Å². The molecule has 0 spiro atoms. The molecule has 4 heteroatoms. The van der Waals surface area contributed by atoms with Crippen molar-refractivity contribution >= 4 is 11.3 Å². The molecule has 2 aromatic heterocycles. The first-order valence-electron chi connectivity index (χ1n) is 5.21. The number of hydrogen-bond acceptors (Lipinski definition) is 4. The van der Waals surface area contributed by atoms with Crippen molar-refractivity contribution in [2.45, 2.75) is 19.4 Å². The molecule has 0 aliphatic carbocycles. The molecule has 0 aromatic carbocycles. The molecule has 0 amide bonds. The van der Waals surface area contributed by atoms with Crippen LogP contribution in [0.4, 0.5) is 0 Å². The number of hydrogen-bond donors (Lipinski definition) is 2. The van der Waals surface area contributed by atoms with Crippen molar-refractivity contribution < 1.29 is 0 Å². The third-order valence-corrected chi connectivity index (χ3v) is 3.61. The number of nitrogens with one attached hydrogen (secondary N) is 1. The summed E-state index contributed by atoms with van der Waals surface area (Å²) in [7, 11) is 0. The van der Waals surface area contributed by atoms with Crippen LogP contribution in [-0.4, -0.2) is 4.98 Å². The molecular weight excluding hydrogens is 218 g/mol. The van der Waals surface area contributed by atoms with Crippen LogP contribution in [-0.2, 0) is 6.42 Å². The van der Waals surface area contributed by atoms with E-state index in [9.17, 15) is 0 Å². The highest BCUT2D eigenvalue weighted by Crippen LogP contribution is 2.24. The highest BCUT2D eigenvalue weighted by Gasteiger charge is 2.12. The van der Waals surface area contributed by atoms with Crippen LogP contribution in [0.25, 0.3) is 0 Å². The van der Waals surface area contributed by atoms with Gasteiger partial charge in [-0.05, 0) is 43.2 Å². The minimum Gasteiger partial charge on any atom is -0.271 e. The van der Waals surface area contributed by atoms with Gasteiger partial charge in [0.15, 0.2) is 0 Å². The van der Waals surface area contributed by atoms with Gasteiger partial charge in [0.05, 0.1) is 6.04 Å². The number of thiophene rings is 1. The summed E-state index contributed by atoms with van der Waals surface area (Å²) >= 11 is 1.78. The maximum atomic E-state index is 5.60. The molecule has 0 radical (unpaired) electrons. The van der Waals surface area contributed by atoms with Gasteiger partial charge in [-0.15, -0.1) is 11.3 Å². The lowest BCUT2D eigenvalue weighted by molar-refractivity contribution is 0.560. The predicted molar refractivity (Wildman–Crippen MR) is 67.1 cm³/mol. The minimum atomic E-state index is 0.182. The van der Waals surface area contributed by atoms with E-state index in [2.05, 4.69) is 29.5 Å². The number of hydrazine groups is 1. The molecule has 0 bridgehead atoms. The maximum absolute atomic E-state index is 5.60. The van der Waals surface area contributed by atoms with Crippen LogP contribution in [0.1, 0.15) is 21.4 Å². The fourth-order valence-corrected chi connectivity index (χ4v) is 2.57. The maximum Gasteiger partial charge on any atom is 0.0593 e. The monoisotopic (exact) mass is 233 g/mol. The summed E-state index contributed by atoms with van der Waals surface area (Å²) in [6, 6.07) is 8.47. The van der Waals surface area contributed by atoms with E-state index in [0.29, 0.717) is 0 Å². The molecule has 3 nitrogen and oxygen atoms in total. The molecule has 0 fully saturated rings. The largest absolute Gasteiger partial charge is 0.271 e. The van der Waals surface area contributed by atoms with Crippen LogP contribution < -0.4 is 11.3 Å². The van der Waals surface area contributed by atoms with E-state index in [1.54, 1.807) is 11.3 Å². The summed E-state index contributed by atoms with van der Waals surface area (Å²) < 4.78 is 0. The Labute approximate surface area is 99.3 Å². The molecule has 84 valence electrons. The van der Waals surface area contributed by atoms with Gasteiger partial charge in [0.2, 0.25) is 0 Å². The molecular formula is C12H15N3S. The summed E-state index contributed by atoms with van der Waals surface area (Å²) in [4.78, 5) is 6.59. The Bertz CT molecular complexity index is 439. The van der Waals surface area contributed by atoms with E-state index < -0.39 is 0 Å². The van der Waals surface area contributed by atoms with E-state index in [1.807, 2.05) is 24.5 Å². The first-order chi connectivity index (χ1) is 7.79. The van der Waals surface area contributed by atoms with Gasteiger partial charge in [0.1, 0.15) is 0 Å². The summed E-state index contributed by atoms with van der Waals surface area (Å²) in [5.41, 5.74) is 4.11. The van der Waals surface area contributed by atoms with Crippen molar-refractivity contribution in [2.24, 2.45) is 5.84 Å². The quantitative estimate of drug-likeness (QED) is 0.629. The average Bonchev–Trinajstić information content (AvgIpc) is 2.74. The minimum absolute atomic E-state index is 0.182. The summed E-state index contributed by atoms with van der Waals surface area (Å²) in [5.74, 6) is 5.60. The van der Waals surface area contributed by atoms with Crippen molar-refractivity contribution in [3.05, 3.63) is 52.0 Å². The van der Waals surface area contributed by atoms with E-state index >= 15 is 0 Å². The second-order valence-electron chi connectivity index (χ2n) is 3.73. The lowest BCUT2D eigenvalue weighted by Crippen LogP contribution is -2.28. The molecule has 0 saturated heterocycles. The highest BCUT2D eigenvalue weighted by molar-refractivity contribution is 7.12. The number of pyridine rings is 1. The van der Waals surface area contributed by atoms with E-state index in [1.165, 1.54) is 15.3 Å². The summed E-state index contributed by atoms with van der Waals surface area (Å²) in [6.45, 7) is 2.11.